The third-order valence-corrected chi connectivity index (χ3v) is 5.73. The maximum atomic E-state index is 12.8. The van der Waals surface area contributed by atoms with Crippen LogP contribution in [0.25, 0.3) is 16.8 Å². The Morgan fingerprint density at radius 1 is 1.06 bits per heavy atom. The number of nitriles is 1. The van der Waals surface area contributed by atoms with Crippen molar-refractivity contribution in [1.29, 1.82) is 5.26 Å². The summed E-state index contributed by atoms with van der Waals surface area (Å²) in [6.45, 7) is 8.32. The van der Waals surface area contributed by atoms with E-state index in [0.717, 1.165) is 11.1 Å². The van der Waals surface area contributed by atoms with Crippen LogP contribution in [0.3, 0.4) is 0 Å². The molecule has 2 N–H and O–H groups in total. The summed E-state index contributed by atoms with van der Waals surface area (Å²) >= 11 is 0. The Labute approximate surface area is 193 Å². The van der Waals surface area contributed by atoms with Crippen LogP contribution in [0.15, 0.2) is 66.9 Å². The number of nitrogens with one attached hydrogen (secondary N) is 2. The molecular formula is C26H26N6O. The van der Waals surface area contributed by atoms with Gasteiger partial charge in [-0.3, -0.25) is 4.79 Å². The zero-order chi connectivity index (χ0) is 23.6. The summed E-state index contributed by atoms with van der Waals surface area (Å²) < 4.78 is 1.68. The van der Waals surface area contributed by atoms with Crippen LogP contribution >= 0.6 is 0 Å². The first kappa shape index (κ1) is 22.0. The number of rotatable bonds is 5. The Kier molecular flexibility index (Phi) is 5.84. The Bertz CT molecular complexity index is 1360. The van der Waals surface area contributed by atoms with Crippen molar-refractivity contribution in [2.24, 2.45) is 5.41 Å². The van der Waals surface area contributed by atoms with E-state index in [9.17, 15) is 10.1 Å². The molecule has 1 atom stereocenters. The first-order valence-corrected chi connectivity index (χ1v) is 10.8. The Morgan fingerprint density at radius 2 is 1.85 bits per heavy atom. The highest BCUT2D eigenvalue weighted by molar-refractivity contribution is 5.95. The standard InChI is InChI=1S/C26H26N6O/c1-17(26(2,3)4)28-24(33)19-10-7-9-18(14-19)21-12-13-23-30-25(31-32(23)16-21)29-22-11-6-5-8-20(22)15-27/h5-14,16-17H,1-4H3,(H,28,33)(H,29,31). The predicted octanol–water partition coefficient (Wildman–Crippen LogP) is 5.18. The number of amides is 1. The second-order valence-electron chi connectivity index (χ2n) is 9.08. The van der Waals surface area contributed by atoms with Crippen molar-refractivity contribution >= 4 is 23.2 Å². The van der Waals surface area contributed by atoms with Crippen LogP contribution in [0.4, 0.5) is 11.6 Å². The number of fused-ring (bicyclic) bond motifs is 1. The number of carbonyl (C=O) groups excluding carboxylic acids is 1. The lowest BCUT2D eigenvalue weighted by Gasteiger charge is -2.28. The molecule has 7 heteroatoms. The highest BCUT2D eigenvalue weighted by Gasteiger charge is 2.22. The normalized spacial score (nSPS) is 12.2. The Morgan fingerprint density at radius 3 is 2.61 bits per heavy atom. The minimum Gasteiger partial charge on any atom is -0.349 e. The summed E-state index contributed by atoms with van der Waals surface area (Å²) in [5, 5.41) is 20.0. The molecule has 0 aliphatic rings. The van der Waals surface area contributed by atoms with Gasteiger partial charge in [0.25, 0.3) is 5.91 Å². The summed E-state index contributed by atoms with van der Waals surface area (Å²) in [5.74, 6) is 0.308. The van der Waals surface area contributed by atoms with E-state index in [4.69, 9.17) is 0 Å². The molecule has 4 rings (SSSR count). The quantitative estimate of drug-likeness (QED) is 0.448. The Hall–Kier alpha value is -4.18. The molecule has 1 amide bonds. The van der Waals surface area contributed by atoms with Crippen LogP contribution in [-0.4, -0.2) is 26.5 Å². The molecule has 2 aromatic carbocycles. The molecule has 0 spiro atoms. The van der Waals surface area contributed by atoms with Gasteiger partial charge in [-0.1, -0.05) is 45.0 Å². The van der Waals surface area contributed by atoms with E-state index in [0.29, 0.717) is 28.4 Å². The van der Waals surface area contributed by atoms with Gasteiger partial charge in [-0.05, 0) is 54.3 Å². The van der Waals surface area contributed by atoms with Crippen molar-refractivity contribution in [2.75, 3.05) is 5.32 Å². The van der Waals surface area contributed by atoms with Crippen molar-refractivity contribution in [3.8, 4) is 17.2 Å². The molecule has 1 unspecified atom stereocenters. The minimum absolute atomic E-state index is 0.0229. The molecule has 0 saturated carbocycles. The highest BCUT2D eigenvalue weighted by Crippen LogP contribution is 2.24. The first-order chi connectivity index (χ1) is 15.7. The van der Waals surface area contributed by atoms with E-state index < -0.39 is 0 Å². The van der Waals surface area contributed by atoms with Gasteiger partial charge in [0.05, 0.1) is 11.3 Å². The second kappa shape index (κ2) is 8.75. The van der Waals surface area contributed by atoms with Gasteiger partial charge in [0.15, 0.2) is 5.65 Å². The van der Waals surface area contributed by atoms with Crippen LogP contribution in [0.2, 0.25) is 0 Å². The van der Waals surface area contributed by atoms with Crippen molar-refractivity contribution < 1.29 is 4.79 Å². The number of para-hydroxylation sites is 1. The van der Waals surface area contributed by atoms with E-state index >= 15 is 0 Å². The maximum Gasteiger partial charge on any atom is 0.251 e. The van der Waals surface area contributed by atoms with Gasteiger partial charge in [-0.2, -0.15) is 10.2 Å². The molecule has 0 radical (unpaired) electrons. The van der Waals surface area contributed by atoms with Gasteiger partial charge in [0, 0.05) is 23.4 Å². The Balaban J connectivity index is 1.59. The van der Waals surface area contributed by atoms with E-state index in [2.05, 4.69) is 47.6 Å². The van der Waals surface area contributed by atoms with Crippen LogP contribution < -0.4 is 10.6 Å². The number of carbonyl (C=O) groups is 1. The smallest absolute Gasteiger partial charge is 0.251 e. The predicted molar refractivity (Wildman–Crippen MR) is 129 cm³/mol. The second-order valence-corrected chi connectivity index (χ2v) is 9.08. The summed E-state index contributed by atoms with van der Waals surface area (Å²) in [5.41, 5.74) is 4.25. The molecule has 7 nitrogen and oxygen atoms in total. The van der Waals surface area contributed by atoms with Crippen molar-refractivity contribution in [3.05, 3.63) is 78.0 Å². The SMILES string of the molecule is CC(NC(=O)c1cccc(-c2ccc3nc(Nc4ccccc4C#N)nn3c2)c1)C(C)(C)C. The fourth-order valence-electron chi connectivity index (χ4n) is 3.25. The molecule has 0 aliphatic heterocycles. The highest BCUT2D eigenvalue weighted by atomic mass is 16.1. The molecular weight excluding hydrogens is 412 g/mol. The third kappa shape index (κ3) is 4.85. The van der Waals surface area contributed by atoms with Gasteiger partial charge in [-0.25, -0.2) is 4.52 Å². The van der Waals surface area contributed by atoms with Crippen molar-refractivity contribution in [1.82, 2.24) is 19.9 Å². The average Bonchev–Trinajstić information content (AvgIpc) is 3.20. The largest absolute Gasteiger partial charge is 0.349 e. The van der Waals surface area contributed by atoms with E-state index in [-0.39, 0.29) is 17.4 Å². The zero-order valence-corrected chi connectivity index (χ0v) is 19.1. The van der Waals surface area contributed by atoms with Crippen molar-refractivity contribution in [2.45, 2.75) is 33.7 Å². The number of pyridine rings is 1. The molecule has 33 heavy (non-hydrogen) atoms. The number of benzene rings is 2. The van der Waals surface area contributed by atoms with Crippen molar-refractivity contribution in [3.63, 3.8) is 0 Å². The third-order valence-electron chi connectivity index (χ3n) is 5.73. The lowest BCUT2D eigenvalue weighted by atomic mass is 9.88. The molecule has 0 bridgehead atoms. The van der Waals surface area contributed by atoms with Gasteiger partial charge >= 0.3 is 0 Å². The molecule has 166 valence electrons. The number of anilines is 2. The summed E-state index contributed by atoms with van der Waals surface area (Å²) in [6.07, 6.45) is 1.87. The molecule has 0 aliphatic carbocycles. The monoisotopic (exact) mass is 438 g/mol. The van der Waals surface area contributed by atoms with Crippen LogP contribution in [-0.2, 0) is 0 Å². The van der Waals surface area contributed by atoms with Gasteiger partial charge in [0.1, 0.15) is 6.07 Å². The summed E-state index contributed by atoms with van der Waals surface area (Å²) in [6, 6.07) is 20.8. The number of hydrogen-bond donors (Lipinski definition) is 2. The van der Waals surface area contributed by atoms with E-state index in [1.165, 1.54) is 0 Å². The number of aromatic nitrogens is 3. The van der Waals surface area contributed by atoms with Crippen LogP contribution in [0.1, 0.15) is 43.6 Å². The molecule has 0 fully saturated rings. The maximum absolute atomic E-state index is 12.8. The fourth-order valence-corrected chi connectivity index (χ4v) is 3.25. The number of hydrogen-bond acceptors (Lipinski definition) is 5. The van der Waals surface area contributed by atoms with Crippen LogP contribution in [0, 0.1) is 16.7 Å². The van der Waals surface area contributed by atoms with Gasteiger partial charge < -0.3 is 10.6 Å². The zero-order valence-electron chi connectivity index (χ0n) is 19.1. The van der Waals surface area contributed by atoms with E-state index in [1.807, 2.05) is 67.7 Å². The minimum atomic E-state index is -0.0937. The molecule has 4 aromatic rings. The molecule has 0 saturated heterocycles. The van der Waals surface area contributed by atoms with Gasteiger partial charge in [0.2, 0.25) is 5.95 Å². The lowest BCUT2D eigenvalue weighted by molar-refractivity contribution is 0.0910. The summed E-state index contributed by atoms with van der Waals surface area (Å²) in [7, 11) is 0. The summed E-state index contributed by atoms with van der Waals surface area (Å²) in [4.78, 5) is 17.2. The molecule has 2 heterocycles. The fraction of sp³-hybridized carbons (Fsp3) is 0.231. The van der Waals surface area contributed by atoms with E-state index in [1.54, 1.807) is 10.6 Å². The lowest BCUT2D eigenvalue weighted by Crippen LogP contribution is -2.41. The van der Waals surface area contributed by atoms with Gasteiger partial charge in [-0.15, -0.1) is 5.10 Å². The molecule has 2 aromatic heterocycles. The topological polar surface area (TPSA) is 95.1 Å². The van der Waals surface area contributed by atoms with Crippen LogP contribution in [0.5, 0.6) is 0 Å². The average molecular weight is 439 g/mol. The number of nitrogens with zero attached hydrogens (tertiary/aromatic N) is 4. The first-order valence-electron chi connectivity index (χ1n) is 10.8.